The third kappa shape index (κ3) is 13.9. The molecule has 0 N–H and O–H groups in total. The van der Waals surface area contributed by atoms with Crippen molar-refractivity contribution < 1.29 is 38.1 Å². The van der Waals surface area contributed by atoms with Gasteiger partial charge in [0.15, 0.2) is 0 Å². The van der Waals surface area contributed by atoms with Crippen molar-refractivity contribution in [1.82, 2.24) is 0 Å². The van der Waals surface area contributed by atoms with Crippen LogP contribution in [0.2, 0.25) is 0 Å². The minimum Gasteiger partial charge on any atom is -0.465 e. The molecule has 0 spiro atoms. The number of ether oxygens (including phenoxy) is 4. The van der Waals surface area contributed by atoms with Crippen LogP contribution in [0.4, 0.5) is 0 Å². The van der Waals surface area contributed by atoms with Gasteiger partial charge in [-0.3, -0.25) is 19.2 Å². The van der Waals surface area contributed by atoms with E-state index in [4.69, 9.17) is 41.1 Å². The quantitative estimate of drug-likeness (QED) is 0.104. The second kappa shape index (κ2) is 16.9. The standard InChI is InChI=1S/C13H16N12O8/c14-22-18-1-9(26)30-5-13(6-31-10(27)2-19-23-15,7-32-11(28)3-20-24-16)8-33-12(29)4-21-25-17/h1-8H2. The lowest BCUT2D eigenvalue weighted by atomic mass is 9.92. The Morgan fingerprint density at radius 1 is 0.515 bits per heavy atom. The number of hydrogen-bond acceptors (Lipinski definition) is 12. The summed E-state index contributed by atoms with van der Waals surface area (Å²) in [5.74, 6) is -4.06. The van der Waals surface area contributed by atoms with Gasteiger partial charge in [0, 0.05) is 19.6 Å². The molecule has 0 radical (unpaired) electrons. The molecule has 33 heavy (non-hydrogen) atoms. The van der Waals surface area contributed by atoms with Gasteiger partial charge < -0.3 is 18.9 Å². The normalized spacial score (nSPS) is 10.9. The molecule has 20 heteroatoms. The van der Waals surface area contributed by atoms with Crippen molar-refractivity contribution in [3.05, 3.63) is 41.8 Å². The zero-order valence-electron chi connectivity index (χ0n) is 16.8. The maximum atomic E-state index is 11.7. The average molecular weight is 468 g/mol. The van der Waals surface area contributed by atoms with Gasteiger partial charge in [0.25, 0.3) is 0 Å². The van der Waals surface area contributed by atoms with E-state index in [0.29, 0.717) is 0 Å². The Hall–Kier alpha value is -4.88. The van der Waals surface area contributed by atoms with Crippen molar-refractivity contribution in [2.24, 2.45) is 25.9 Å². The molecule has 0 aliphatic heterocycles. The van der Waals surface area contributed by atoms with Crippen LogP contribution in [-0.4, -0.2) is 76.5 Å². The van der Waals surface area contributed by atoms with Crippen LogP contribution in [0, 0.1) is 5.41 Å². The Kier molecular flexibility index (Phi) is 14.4. The Balaban J connectivity index is 5.66. The summed E-state index contributed by atoms with van der Waals surface area (Å²) in [4.78, 5) is 56.4. The maximum Gasteiger partial charge on any atom is 0.311 e. The number of carbonyl (C=O) groups excluding carboxylic acids is 4. The Morgan fingerprint density at radius 3 is 0.909 bits per heavy atom. The van der Waals surface area contributed by atoms with Gasteiger partial charge in [-0.25, -0.2) is 0 Å². The molecule has 0 rings (SSSR count). The number of hydrogen-bond donors (Lipinski definition) is 0. The highest BCUT2D eigenvalue weighted by molar-refractivity contribution is 5.73. The van der Waals surface area contributed by atoms with Gasteiger partial charge in [0.2, 0.25) is 0 Å². The van der Waals surface area contributed by atoms with Crippen LogP contribution in [0.25, 0.3) is 41.8 Å². The van der Waals surface area contributed by atoms with Crippen molar-refractivity contribution in [2.75, 3.05) is 52.6 Å². The molecule has 0 aromatic heterocycles. The molecule has 0 aromatic carbocycles. The van der Waals surface area contributed by atoms with Crippen LogP contribution < -0.4 is 0 Å². The van der Waals surface area contributed by atoms with Crippen LogP contribution in [0.1, 0.15) is 0 Å². The fourth-order valence-corrected chi connectivity index (χ4v) is 1.72. The first-order valence-electron chi connectivity index (χ1n) is 8.48. The number of esters is 4. The van der Waals surface area contributed by atoms with E-state index >= 15 is 0 Å². The van der Waals surface area contributed by atoms with E-state index in [1.807, 2.05) is 0 Å². The monoisotopic (exact) mass is 468 g/mol. The molecule has 0 fully saturated rings. The third-order valence-electron chi connectivity index (χ3n) is 3.21. The van der Waals surface area contributed by atoms with Crippen molar-refractivity contribution >= 4 is 23.9 Å². The fourth-order valence-electron chi connectivity index (χ4n) is 1.72. The lowest BCUT2D eigenvalue weighted by Gasteiger charge is -2.31. The third-order valence-corrected chi connectivity index (χ3v) is 3.21. The molecular weight excluding hydrogens is 452 g/mol. The predicted octanol–water partition coefficient (Wildman–Crippen LogP) is 1.39. The molecule has 0 unspecified atom stereocenters. The second-order valence-electron chi connectivity index (χ2n) is 5.70. The molecule has 0 aromatic rings. The number of rotatable bonds is 16. The van der Waals surface area contributed by atoms with Crippen molar-refractivity contribution in [3.63, 3.8) is 0 Å². The van der Waals surface area contributed by atoms with Crippen LogP contribution in [-0.2, 0) is 38.1 Å². The first kappa shape index (κ1) is 28.1. The molecule has 0 aliphatic rings. The highest BCUT2D eigenvalue weighted by Gasteiger charge is 2.37. The van der Waals surface area contributed by atoms with Crippen LogP contribution >= 0.6 is 0 Å². The van der Waals surface area contributed by atoms with E-state index in [2.05, 4.69) is 40.1 Å². The van der Waals surface area contributed by atoms with Gasteiger partial charge in [-0.05, 0) is 22.1 Å². The van der Waals surface area contributed by atoms with Gasteiger partial charge in [-0.2, -0.15) is 0 Å². The molecule has 0 saturated heterocycles. The lowest BCUT2D eigenvalue weighted by molar-refractivity contribution is -0.168. The van der Waals surface area contributed by atoms with Crippen LogP contribution in [0.15, 0.2) is 20.5 Å². The summed E-state index contributed by atoms with van der Waals surface area (Å²) in [7, 11) is 0. The van der Waals surface area contributed by atoms with E-state index in [1.54, 1.807) is 0 Å². The molecule has 176 valence electrons. The first-order valence-corrected chi connectivity index (χ1v) is 8.48. The largest absolute Gasteiger partial charge is 0.465 e. The topological polar surface area (TPSA) is 300 Å². The molecule has 0 bridgehead atoms. The fraction of sp³-hybridized carbons (Fsp3) is 0.692. The molecule has 0 atom stereocenters. The Morgan fingerprint density at radius 2 is 0.727 bits per heavy atom. The van der Waals surface area contributed by atoms with Crippen molar-refractivity contribution in [1.29, 1.82) is 0 Å². The van der Waals surface area contributed by atoms with E-state index in [1.165, 1.54) is 0 Å². The Bertz CT molecular complexity index is 763. The van der Waals surface area contributed by atoms with Gasteiger partial charge in [-0.15, -0.1) is 0 Å². The molecule has 0 heterocycles. The number of nitrogens with zero attached hydrogens (tertiary/aromatic N) is 12. The van der Waals surface area contributed by atoms with Crippen molar-refractivity contribution in [2.45, 2.75) is 0 Å². The smallest absolute Gasteiger partial charge is 0.311 e. The lowest BCUT2D eigenvalue weighted by Crippen LogP contribution is -2.44. The summed E-state index contributed by atoms with van der Waals surface area (Å²) >= 11 is 0. The zero-order chi connectivity index (χ0) is 25.0. The minimum atomic E-state index is -1.70. The van der Waals surface area contributed by atoms with E-state index in [-0.39, 0.29) is 0 Å². The Labute approximate surface area is 183 Å². The highest BCUT2D eigenvalue weighted by Crippen LogP contribution is 2.21. The highest BCUT2D eigenvalue weighted by atomic mass is 16.6. The molecule has 0 amide bonds. The van der Waals surface area contributed by atoms with Gasteiger partial charge in [-0.1, -0.05) is 20.5 Å². The first-order chi connectivity index (χ1) is 15.8. The summed E-state index contributed by atoms with van der Waals surface area (Å²) in [6.45, 7) is -5.49. The average Bonchev–Trinajstić information content (AvgIpc) is 2.82. The van der Waals surface area contributed by atoms with Crippen LogP contribution in [0.5, 0.6) is 0 Å². The number of azide groups is 4. The van der Waals surface area contributed by atoms with E-state index in [9.17, 15) is 19.2 Å². The summed E-state index contributed by atoms with van der Waals surface area (Å²) in [5, 5.41) is 12.0. The summed E-state index contributed by atoms with van der Waals surface area (Å²) in [6, 6.07) is 0. The molecule has 20 nitrogen and oxygen atoms in total. The SMILES string of the molecule is [N-]=[N+]=NCC(=O)OCC(COC(=O)CN=[N+]=[N-])(COC(=O)CN=[N+]=[N-])COC(=O)CN=[N+]=[N-]. The minimum absolute atomic E-state index is 0.675. The van der Waals surface area contributed by atoms with Crippen molar-refractivity contribution in [3.8, 4) is 0 Å². The summed E-state index contributed by atoms with van der Waals surface area (Å²) < 4.78 is 19.7. The van der Waals surface area contributed by atoms with Gasteiger partial charge >= 0.3 is 23.9 Å². The van der Waals surface area contributed by atoms with Gasteiger partial charge in [0.05, 0.1) is 0 Å². The molecular formula is C13H16N12O8. The van der Waals surface area contributed by atoms with E-state index < -0.39 is 81.9 Å². The van der Waals surface area contributed by atoms with E-state index in [0.717, 1.165) is 0 Å². The summed E-state index contributed by atoms with van der Waals surface area (Å²) in [5.41, 5.74) is 31.4. The maximum absolute atomic E-state index is 11.7. The molecule has 0 aliphatic carbocycles. The molecule has 0 saturated carbocycles. The second-order valence-corrected chi connectivity index (χ2v) is 5.70. The van der Waals surface area contributed by atoms with Gasteiger partial charge in [0.1, 0.15) is 58.0 Å². The summed E-state index contributed by atoms with van der Waals surface area (Å²) in [6.07, 6.45) is 0. The van der Waals surface area contributed by atoms with Crippen LogP contribution in [0.3, 0.4) is 0 Å². The predicted molar refractivity (Wildman–Crippen MR) is 102 cm³/mol. The zero-order valence-corrected chi connectivity index (χ0v) is 16.8. The number of carbonyl (C=O) groups is 4.